The van der Waals surface area contributed by atoms with Crippen LogP contribution in [0.15, 0.2) is 36.4 Å². The molecule has 0 radical (unpaired) electrons. The topological polar surface area (TPSA) is 218 Å². The first kappa shape index (κ1) is 26.6. The Balaban J connectivity index is 1.82. The summed E-state index contributed by atoms with van der Waals surface area (Å²) in [6.45, 7) is -0.702. The van der Waals surface area contributed by atoms with Gasteiger partial charge in [0.05, 0.1) is 12.7 Å². The van der Waals surface area contributed by atoms with Gasteiger partial charge in [-0.2, -0.15) is 0 Å². The molecule has 12 heteroatoms. The van der Waals surface area contributed by atoms with E-state index in [1.54, 1.807) is 0 Å². The second-order valence-electron chi connectivity index (χ2n) is 8.23. The van der Waals surface area contributed by atoms with Crippen molar-refractivity contribution in [3.63, 3.8) is 0 Å². The summed E-state index contributed by atoms with van der Waals surface area (Å²) in [5, 5.41) is 89.0. The normalized spacial score (nSPS) is 26.3. The second-order valence-corrected chi connectivity index (χ2v) is 8.23. The Labute approximate surface area is 199 Å². The fourth-order valence-electron chi connectivity index (χ4n) is 3.71. The van der Waals surface area contributed by atoms with Gasteiger partial charge in [-0.05, 0) is 42.3 Å². The van der Waals surface area contributed by atoms with E-state index in [-0.39, 0.29) is 24.0 Å². The number of hydrogen-bond donors (Lipinski definition) is 9. The van der Waals surface area contributed by atoms with Crippen LogP contribution in [0.1, 0.15) is 34.9 Å². The number of aromatic hydroxyl groups is 4. The van der Waals surface area contributed by atoms with Gasteiger partial charge in [-0.1, -0.05) is 6.07 Å². The zero-order valence-electron chi connectivity index (χ0n) is 18.4. The molecule has 35 heavy (non-hydrogen) atoms. The van der Waals surface area contributed by atoms with Gasteiger partial charge in [-0.25, -0.2) is 0 Å². The number of carbonyl (C=O) groups is 1. The first-order valence-corrected chi connectivity index (χ1v) is 10.7. The number of hydrogen-bond acceptors (Lipinski definition) is 12. The Bertz CT molecular complexity index is 1030. The molecule has 0 spiro atoms. The van der Waals surface area contributed by atoms with Gasteiger partial charge in [0.25, 0.3) is 0 Å². The Kier molecular flexibility index (Phi) is 8.51. The molecule has 2 aromatic rings. The Morgan fingerprint density at radius 1 is 0.886 bits per heavy atom. The molecule has 1 heterocycles. The average molecular weight is 496 g/mol. The molecule has 3 rings (SSSR count). The first-order valence-electron chi connectivity index (χ1n) is 10.7. The summed E-state index contributed by atoms with van der Waals surface area (Å²) in [7, 11) is 0. The van der Waals surface area contributed by atoms with Crippen molar-refractivity contribution < 1.29 is 60.2 Å². The Morgan fingerprint density at radius 3 is 2.11 bits per heavy atom. The van der Waals surface area contributed by atoms with Crippen LogP contribution in [0.3, 0.4) is 0 Å². The zero-order valence-corrected chi connectivity index (χ0v) is 18.4. The van der Waals surface area contributed by atoms with Gasteiger partial charge in [-0.15, -0.1) is 0 Å². The average Bonchev–Trinajstić information content (AvgIpc) is 2.84. The highest BCUT2D eigenvalue weighted by molar-refractivity contribution is 5.96. The van der Waals surface area contributed by atoms with E-state index in [9.17, 15) is 50.8 Å². The van der Waals surface area contributed by atoms with E-state index in [0.29, 0.717) is 0 Å². The van der Waals surface area contributed by atoms with Crippen molar-refractivity contribution in [2.24, 2.45) is 0 Å². The highest BCUT2D eigenvalue weighted by Gasteiger charge is 2.45. The summed E-state index contributed by atoms with van der Waals surface area (Å²) in [6.07, 6.45) is -11.2. The molecule has 7 unspecified atom stereocenters. The minimum absolute atomic E-state index is 0.0728. The van der Waals surface area contributed by atoms with Crippen LogP contribution in [0.25, 0.3) is 0 Å². The van der Waals surface area contributed by atoms with E-state index in [2.05, 4.69) is 0 Å². The number of benzene rings is 2. The number of carbonyl (C=O) groups excluding carboxylic acids is 1. The number of phenolic OH excluding ortho intramolecular Hbond substituents is 4. The summed E-state index contributed by atoms with van der Waals surface area (Å²) < 4.78 is 11.0. The van der Waals surface area contributed by atoms with Crippen LogP contribution < -0.4 is 0 Å². The lowest BCUT2D eigenvalue weighted by molar-refractivity contribution is -0.317. The molecule has 0 amide bonds. The minimum atomic E-state index is -1.76. The number of ketones is 1. The van der Waals surface area contributed by atoms with Crippen LogP contribution >= 0.6 is 0 Å². The molecule has 192 valence electrons. The summed E-state index contributed by atoms with van der Waals surface area (Å²) >= 11 is 0. The molecule has 9 N–H and O–H groups in total. The fraction of sp³-hybridized carbons (Fsp3) is 0.435. The number of aliphatic hydroxyl groups is 5. The monoisotopic (exact) mass is 496 g/mol. The Morgan fingerprint density at radius 2 is 1.51 bits per heavy atom. The number of rotatable bonds is 9. The molecule has 0 saturated carbocycles. The van der Waals surface area contributed by atoms with Crippen molar-refractivity contribution in [2.75, 3.05) is 6.61 Å². The predicted octanol–water partition coefficient (Wildman–Crippen LogP) is -0.609. The van der Waals surface area contributed by atoms with Gasteiger partial charge in [0, 0.05) is 12.0 Å². The van der Waals surface area contributed by atoms with E-state index >= 15 is 0 Å². The van der Waals surface area contributed by atoms with Crippen molar-refractivity contribution in [1.82, 2.24) is 0 Å². The SMILES string of the molecule is O=C(CCC(OC1OC(CO)C(O)C(O)C1O)C(O)c1ccc(O)c(O)c1)c1ccc(O)c(O)c1. The maximum absolute atomic E-state index is 12.6. The molecule has 0 bridgehead atoms. The van der Waals surface area contributed by atoms with Crippen LogP contribution in [0, 0.1) is 0 Å². The molecule has 0 aromatic heterocycles. The molecule has 1 aliphatic heterocycles. The molecule has 2 aromatic carbocycles. The molecule has 12 nitrogen and oxygen atoms in total. The van der Waals surface area contributed by atoms with E-state index < -0.39 is 78.3 Å². The maximum atomic E-state index is 12.6. The third kappa shape index (κ3) is 6.00. The maximum Gasteiger partial charge on any atom is 0.187 e. The van der Waals surface area contributed by atoms with E-state index in [1.807, 2.05) is 0 Å². The first-order chi connectivity index (χ1) is 16.5. The van der Waals surface area contributed by atoms with Gasteiger partial charge >= 0.3 is 0 Å². The molecule has 7 atom stereocenters. The molecular weight excluding hydrogens is 468 g/mol. The van der Waals surface area contributed by atoms with Crippen LogP contribution in [0.4, 0.5) is 0 Å². The smallest absolute Gasteiger partial charge is 0.187 e. The third-order valence-electron chi connectivity index (χ3n) is 5.80. The third-order valence-corrected chi connectivity index (χ3v) is 5.80. The number of ether oxygens (including phenoxy) is 2. The van der Waals surface area contributed by atoms with Crippen molar-refractivity contribution in [1.29, 1.82) is 0 Å². The van der Waals surface area contributed by atoms with Gasteiger partial charge in [-0.3, -0.25) is 4.79 Å². The molecule has 0 aliphatic carbocycles. The highest BCUT2D eigenvalue weighted by Crippen LogP contribution is 2.33. The number of phenols is 4. The number of Topliss-reactive ketones (excluding diaryl/α,β-unsaturated/α-hetero) is 1. The predicted molar refractivity (Wildman–Crippen MR) is 117 cm³/mol. The van der Waals surface area contributed by atoms with Crippen LogP contribution in [0.5, 0.6) is 23.0 Å². The molecular formula is C23H28O12. The molecule has 1 fully saturated rings. The largest absolute Gasteiger partial charge is 0.504 e. The minimum Gasteiger partial charge on any atom is -0.504 e. The number of aliphatic hydroxyl groups excluding tert-OH is 5. The lowest BCUT2D eigenvalue weighted by atomic mass is 9.96. The molecule has 1 aliphatic rings. The summed E-state index contributed by atoms with van der Waals surface area (Å²) in [5.74, 6) is -2.35. The standard InChI is InChI=1S/C23H28O12/c24-9-18-20(31)21(32)22(33)23(35-18)34-17(19(30)11-2-4-14(27)16(29)8-11)6-5-12(25)10-1-3-13(26)15(28)7-10/h1-4,7-8,17-24,26-33H,5-6,9H2. The molecule has 1 saturated heterocycles. The van der Waals surface area contributed by atoms with Gasteiger partial charge in [0.15, 0.2) is 35.1 Å². The van der Waals surface area contributed by atoms with Gasteiger partial charge < -0.3 is 55.4 Å². The Hall–Kier alpha value is -2.97. The van der Waals surface area contributed by atoms with E-state index in [4.69, 9.17) is 9.47 Å². The summed E-state index contributed by atoms with van der Waals surface area (Å²) in [4.78, 5) is 12.6. The zero-order chi connectivity index (χ0) is 25.9. The van der Waals surface area contributed by atoms with Crippen molar-refractivity contribution >= 4 is 5.78 Å². The summed E-state index contributed by atoms with van der Waals surface area (Å²) in [5.41, 5.74) is 0.160. The van der Waals surface area contributed by atoms with E-state index in [0.717, 1.165) is 24.3 Å². The van der Waals surface area contributed by atoms with Gasteiger partial charge in [0.2, 0.25) is 0 Å². The fourth-order valence-corrected chi connectivity index (χ4v) is 3.71. The quantitative estimate of drug-likeness (QED) is 0.157. The van der Waals surface area contributed by atoms with Crippen molar-refractivity contribution in [3.05, 3.63) is 47.5 Å². The lowest BCUT2D eigenvalue weighted by Gasteiger charge is -2.41. The van der Waals surface area contributed by atoms with Crippen molar-refractivity contribution in [2.45, 2.75) is 55.8 Å². The summed E-state index contributed by atoms with van der Waals surface area (Å²) in [6, 6.07) is 6.99. The van der Waals surface area contributed by atoms with Crippen LogP contribution in [-0.4, -0.2) is 95.2 Å². The second kappa shape index (κ2) is 11.2. The van der Waals surface area contributed by atoms with Crippen LogP contribution in [-0.2, 0) is 9.47 Å². The van der Waals surface area contributed by atoms with Crippen molar-refractivity contribution in [3.8, 4) is 23.0 Å². The lowest BCUT2D eigenvalue weighted by Crippen LogP contribution is -2.59. The van der Waals surface area contributed by atoms with Gasteiger partial charge in [0.1, 0.15) is 30.5 Å². The van der Waals surface area contributed by atoms with Crippen LogP contribution in [0.2, 0.25) is 0 Å². The highest BCUT2D eigenvalue weighted by atomic mass is 16.7. The van der Waals surface area contributed by atoms with E-state index in [1.165, 1.54) is 12.1 Å².